The molecule has 0 unspecified atom stereocenters. The second-order valence-electron chi connectivity index (χ2n) is 4.83. The van der Waals surface area contributed by atoms with Gasteiger partial charge in [-0.1, -0.05) is 36.0 Å². The molecular weight excluding hydrogens is 256 g/mol. The molecule has 0 atom stereocenters. The molecule has 3 nitrogen and oxygen atoms in total. The second-order valence-corrected chi connectivity index (χ2v) is 5.84. The zero-order valence-corrected chi connectivity index (χ0v) is 11.5. The van der Waals surface area contributed by atoms with Crippen LogP contribution < -0.4 is 4.80 Å². The molecular formula is C15H16N2OS. The lowest BCUT2D eigenvalue weighted by molar-refractivity contribution is -0.124. The summed E-state index contributed by atoms with van der Waals surface area (Å²) in [5.74, 6) is 0.193. The molecule has 19 heavy (non-hydrogen) atoms. The molecule has 98 valence electrons. The van der Waals surface area contributed by atoms with Gasteiger partial charge in [0.1, 0.15) is 0 Å². The molecule has 1 saturated carbocycles. The van der Waals surface area contributed by atoms with Crippen molar-refractivity contribution in [2.45, 2.75) is 25.8 Å². The number of fused-ring (bicyclic) bond motifs is 1. The van der Waals surface area contributed by atoms with Crippen molar-refractivity contribution in [1.82, 2.24) is 4.57 Å². The van der Waals surface area contributed by atoms with E-state index in [-0.39, 0.29) is 11.8 Å². The van der Waals surface area contributed by atoms with Crippen molar-refractivity contribution >= 4 is 27.5 Å². The summed E-state index contributed by atoms with van der Waals surface area (Å²) in [5.41, 5.74) is 1.12. The highest BCUT2D eigenvalue weighted by Crippen LogP contribution is 2.27. The summed E-state index contributed by atoms with van der Waals surface area (Å²) >= 11 is 1.57. The van der Waals surface area contributed by atoms with Crippen LogP contribution in [0.1, 0.15) is 19.3 Å². The van der Waals surface area contributed by atoms with Crippen molar-refractivity contribution in [1.29, 1.82) is 0 Å². The van der Waals surface area contributed by atoms with Gasteiger partial charge in [0.25, 0.3) is 5.91 Å². The van der Waals surface area contributed by atoms with E-state index in [2.05, 4.69) is 28.3 Å². The molecule has 0 aliphatic heterocycles. The van der Waals surface area contributed by atoms with Crippen LogP contribution in [0.15, 0.2) is 41.9 Å². The van der Waals surface area contributed by atoms with Gasteiger partial charge in [0.2, 0.25) is 0 Å². The fourth-order valence-corrected chi connectivity index (χ4v) is 3.30. The minimum Gasteiger partial charge on any atom is -0.313 e. The van der Waals surface area contributed by atoms with Gasteiger partial charge in [-0.3, -0.25) is 4.79 Å². The molecule has 1 amide bonds. The molecule has 1 aromatic heterocycles. The van der Waals surface area contributed by atoms with Gasteiger partial charge >= 0.3 is 0 Å². The second kappa shape index (κ2) is 5.13. The van der Waals surface area contributed by atoms with Crippen LogP contribution >= 0.6 is 11.3 Å². The number of para-hydroxylation sites is 1. The Morgan fingerprint density at radius 1 is 1.47 bits per heavy atom. The number of thiazole rings is 1. The Labute approximate surface area is 115 Å². The molecule has 0 bridgehead atoms. The minimum absolute atomic E-state index is 0.0376. The number of rotatable bonds is 3. The number of benzene rings is 1. The number of hydrogen-bond donors (Lipinski definition) is 0. The molecule has 1 heterocycles. The molecule has 1 fully saturated rings. The first-order chi connectivity index (χ1) is 9.29. The van der Waals surface area contributed by atoms with Crippen LogP contribution in [0.4, 0.5) is 0 Å². The Morgan fingerprint density at radius 3 is 2.95 bits per heavy atom. The molecule has 0 spiro atoms. The number of amides is 1. The molecule has 1 aromatic carbocycles. The summed E-state index contributed by atoms with van der Waals surface area (Å²) in [4.78, 5) is 17.2. The van der Waals surface area contributed by atoms with E-state index in [0.717, 1.165) is 34.3 Å². The van der Waals surface area contributed by atoms with Crippen molar-refractivity contribution < 1.29 is 4.79 Å². The standard InChI is InChI=1S/C15H16N2OS/c1-2-10-17-12-8-3-4-9-13(12)19-15(17)16-14(18)11-6-5-7-11/h2-4,8-9,11H,1,5-7,10H2. The lowest BCUT2D eigenvalue weighted by Gasteiger charge is -2.20. The Balaban J connectivity index is 2.10. The number of hydrogen-bond acceptors (Lipinski definition) is 2. The molecule has 0 saturated heterocycles. The van der Waals surface area contributed by atoms with Crippen LogP contribution in [0.2, 0.25) is 0 Å². The Kier molecular flexibility index (Phi) is 3.34. The first-order valence-electron chi connectivity index (χ1n) is 6.57. The van der Waals surface area contributed by atoms with Gasteiger partial charge in [-0.2, -0.15) is 4.99 Å². The van der Waals surface area contributed by atoms with Gasteiger partial charge < -0.3 is 4.57 Å². The van der Waals surface area contributed by atoms with E-state index >= 15 is 0 Å². The maximum Gasteiger partial charge on any atom is 0.251 e. The van der Waals surface area contributed by atoms with Gasteiger partial charge in [0.15, 0.2) is 4.80 Å². The largest absolute Gasteiger partial charge is 0.313 e. The number of aromatic nitrogens is 1. The molecule has 2 aromatic rings. The summed E-state index contributed by atoms with van der Waals surface area (Å²) in [7, 11) is 0. The van der Waals surface area contributed by atoms with E-state index in [9.17, 15) is 4.79 Å². The van der Waals surface area contributed by atoms with Crippen LogP contribution in [0, 0.1) is 5.92 Å². The van der Waals surface area contributed by atoms with E-state index < -0.39 is 0 Å². The van der Waals surface area contributed by atoms with Crippen molar-refractivity contribution in [3.05, 3.63) is 41.7 Å². The lowest BCUT2D eigenvalue weighted by Crippen LogP contribution is -2.24. The maximum absolute atomic E-state index is 12.0. The summed E-state index contributed by atoms with van der Waals surface area (Å²) in [6.45, 7) is 4.46. The lowest BCUT2D eigenvalue weighted by atomic mass is 9.85. The maximum atomic E-state index is 12.0. The molecule has 0 N–H and O–H groups in total. The van der Waals surface area contributed by atoms with Crippen molar-refractivity contribution in [2.24, 2.45) is 10.9 Å². The van der Waals surface area contributed by atoms with Gasteiger partial charge in [-0.05, 0) is 25.0 Å². The van der Waals surface area contributed by atoms with Crippen LogP contribution in [0.25, 0.3) is 10.2 Å². The van der Waals surface area contributed by atoms with Gasteiger partial charge in [0.05, 0.1) is 10.2 Å². The van der Waals surface area contributed by atoms with Crippen molar-refractivity contribution in [3.63, 3.8) is 0 Å². The number of carbonyl (C=O) groups excluding carboxylic acids is 1. The van der Waals surface area contributed by atoms with E-state index in [4.69, 9.17) is 0 Å². The summed E-state index contributed by atoms with van der Waals surface area (Å²) in [5, 5.41) is 0. The molecule has 4 heteroatoms. The zero-order chi connectivity index (χ0) is 13.2. The predicted octanol–water partition coefficient (Wildman–Crippen LogP) is 3.12. The first-order valence-corrected chi connectivity index (χ1v) is 7.39. The highest BCUT2D eigenvalue weighted by molar-refractivity contribution is 7.16. The predicted molar refractivity (Wildman–Crippen MR) is 77.9 cm³/mol. The fourth-order valence-electron chi connectivity index (χ4n) is 2.25. The normalized spacial score (nSPS) is 16.5. The Morgan fingerprint density at radius 2 is 2.26 bits per heavy atom. The van der Waals surface area contributed by atoms with E-state index in [1.54, 1.807) is 11.3 Å². The van der Waals surface area contributed by atoms with E-state index in [0.29, 0.717) is 6.54 Å². The summed E-state index contributed by atoms with van der Waals surface area (Å²) in [6.07, 6.45) is 4.99. The summed E-state index contributed by atoms with van der Waals surface area (Å²) in [6, 6.07) is 8.13. The molecule has 0 radical (unpaired) electrons. The average Bonchev–Trinajstić information content (AvgIpc) is 2.66. The Hall–Kier alpha value is -1.68. The first kappa shape index (κ1) is 12.4. The fraction of sp³-hybridized carbons (Fsp3) is 0.333. The van der Waals surface area contributed by atoms with Crippen molar-refractivity contribution in [3.8, 4) is 0 Å². The number of allylic oxidation sites excluding steroid dienone is 1. The third-order valence-electron chi connectivity index (χ3n) is 3.56. The molecule has 1 aliphatic rings. The van der Waals surface area contributed by atoms with Crippen LogP contribution in [-0.2, 0) is 11.3 Å². The quantitative estimate of drug-likeness (QED) is 0.790. The average molecular weight is 272 g/mol. The van der Waals surface area contributed by atoms with Gasteiger partial charge in [-0.15, -0.1) is 6.58 Å². The smallest absolute Gasteiger partial charge is 0.251 e. The monoisotopic (exact) mass is 272 g/mol. The number of nitrogens with zero attached hydrogens (tertiary/aromatic N) is 2. The van der Waals surface area contributed by atoms with Crippen LogP contribution in [-0.4, -0.2) is 10.5 Å². The minimum atomic E-state index is 0.0376. The van der Waals surface area contributed by atoms with Gasteiger partial charge in [-0.25, -0.2) is 0 Å². The third kappa shape index (κ3) is 2.28. The molecule has 3 rings (SSSR count). The van der Waals surface area contributed by atoms with Gasteiger partial charge in [0, 0.05) is 12.5 Å². The SMILES string of the molecule is C=CCn1c(=NC(=O)C2CCC2)sc2ccccc21. The van der Waals surface area contributed by atoms with Crippen LogP contribution in [0.5, 0.6) is 0 Å². The topological polar surface area (TPSA) is 34.4 Å². The number of carbonyl (C=O) groups is 1. The van der Waals surface area contributed by atoms with Crippen molar-refractivity contribution in [2.75, 3.05) is 0 Å². The zero-order valence-electron chi connectivity index (χ0n) is 10.7. The van der Waals surface area contributed by atoms with Crippen LogP contribution in [0.3, 0.4) is 0 Å². The highest BCUT2D eigenvalue weighted by Gasteiger charge is 2.25. The Bertz CT molecular complexity index is 691. The highest BCUT2D eigenvalue weighted by atomic mass is 32.1. The summed E-state index contributed by atoms with van der Waals surface area (Å²) < 4.78 is 3.22. The molecule has 1 aliphatic carbocycles. The van der Waals surface area contributed by atoms with E-state index in [1.165, 1.54) is 0 Å². The third-order valence-corrected chi connectivity index (χ3v) is 4.62. The van der Waals surface area contributed by atoms with E-state index in [1.807, 2.05) is 18.2 Å².